The molecule has 2 aromatic heterocycles. The van der Waals surface area contributed by atoms with Crippen LogP contribution in [0.25, 0.3) is 0 Å². The number of hydrogen-bond acceptors (Lipinski definition) is 6. The average Bonchev–Trinajstić information content (AvgIpc) is 3.80. The molecule has 4 aromatic rings. The van der Waals surface area contributed by atoms with Crippen LogP contribution in [0.5, 0.6) is 0 Å². The molecular formula is C41H64N6O4. The molecule has 4 rings (SSSR count). The monoisotopic (exact) mass is 704 g/mol. The molecule has 282 valence electrons. The molecule has 0 radical (unpaired) electrons. The minimum atomic E-state index is -0.482. The molecule has 0 saturated heterocycles. The molecule has 2 N–H and O–H groups in total. The molecule has 10 heteroatoms. The Morgan fingerprint density at radius 1 is 0.745 bits per heavy atom. The van der Waals surface area contributed by atoms with Gasteiger partial charge in [-0.15, -0.1) is 0 Å². The van der Waals surface area contributed by atoms with Crippen molar-refractivity contribution in [3.05, 3.63) is 108 Å². The topological polar surface area (TPSA) is 116 Å². The minimum absolute atomic E-state index is 0.114. The van der Waals surface area contributed by atoms with E-state index in [4.69, 9.17) is 9.47 Å². The molecule has 2 heterocycles. The van der Waals surface area contributed by atoms with Gasteiger partial charge in [-0.2, -0.15) is 0 Å². The quantitative estimate of drug-likeness (QED) is 0.170. The van der Waals surface area contributed by atoms with E-state index in [0.29, 0.717) is 19.6 Å². The predicted octanol–water partition coefficient (Wildman–Crippen LogP) is 10.3. The van der Waals surface area contributed by atoms with Crippen molar-refractivity contribution < 1.29 is 19.1 Å². The fraction of sp³-hybridized carbons (Fsp3) is 0.512. The Hall–Kier alpha value is -4.60. The van der Waals surface area contributed by atoms with E-state index in [0.717, 1.165) is 37.3 Å². The van der Waals surface area contributed by atoms with Crippen molar-refractivity contribution in [1.82, 2.24) is 29.7 Å². The summed E-state index contributed by atoms with van der Waals surface area (Å²) in [5, 5.41) is 0. The number of carbonyl (C=O) groups excluding carboxylic acids is 2. The molecule has 10 nitrogen and oxygen atoms in total. The number of aromatic nitrogens is 4. The lowest BCUT2D eigenvalue weighted by molar-refractivity contribution is 0.0162. The summed E-state index contributed by atoms with van der Waals surface area (Å²) in [4.78, 5) is 42.0. The number of rotatable bonds is 10. The Morgan fingerprint density at radius 3 is 1.71 bits per heavy atom. The number of nitrogens with one attached hydrogen (secondary N) is 2. The van der Waals surface area contributed by atoms with Crippen LogP contribution in [-0.2, 0) is 22.4 Å². The van der Waals surface area contributed by atoms with Gasteiger partial charge in [0.05, 0.1) is 12.6 Å². The normalized spacial score (nSPS) is 11.3. The van der Waals surface area contributed by atoms with Crippen molar-refractivity contribution in [3.8, 4) is 0 Å². The molecular weight excluding hydrogens is 640 g/mol. The summed E-state index contributed by atoms with van der Waals surface area (Å²) < 4.78 is 10.8. The number of amides is 2. The molecule has 0 aliphatic heterocycles. The van der Waals surface area contributed by atoms with Crippen molar-refractivity contribution >= 4 is 12.2 Å². The van der Waals surface area contributed by atoms with Crippen LogP contribution in [0.4, 0.5) is 9.59 Å². The van der Waals surface area contributed by atoms with Gasteiger partial charge in [-0.05, 0) is 80.2 Å². The summed E-state index contributed by atoms with van der Waals surface area (Å²) in [5.41, 5.74) is 1.78. The van der Waals surface area contributed by atoms with Crippen LogP contribution >= 0.6 is 0 Å². The molecule has 2 aromatic carbocycles. The van der Waals surface area contributed by atoms with E-state index in [2.05, 4.69) is 77.1 Å². The van der Waals surface area contributed by atoms with E-state index in [-0.39, 0.29) is 18.2 Å². The van der Waals surface area contributed by atoms with Gasteiger partial charge in [-0.1, -0.05) is 93.4 Å². The Kier molecular flexibility index (Phi) is 20.7. The van der Waals surface area contributed by atoms with Gasteiger partial charge in [0.1, 0.15) is 22.9 Å². The summed E-state index contributed by atoms with van der Waals surface area (Å²) in [6.07, 6.45) is 10.3. The second-order valence-electron chi connectivity index (χ2n) is 14.1. The van der Waals surface area contributed by atoms with Crippen LogP contribution < -0.4 is 0 Å². The Bertz CT molecular complexity index is 1430. The first-order chi connectivity index (χ1) is 24.1. The van der Waals surface area contributed by atoms with Gasteiger partial charge in [0.15, 0.2) is 0 Å². The summed E-state index contributed by atoms with van der Waals surface area (Å²) in [7, 11) is 0. The maximum absolute atomic E-state index is 12.3. The summed E-state index contributed by atoms with van der Waals surface area (Å²) in [6.45, 7) is 23.3. The molecule has 1 unspecified atom stereocenters. The number of hydrogen-bond donors (Lipinski definition) is 2. The number of H-pyrrole nitrogens is 2. The van der Waals surface area contributed by atoms with Crippen LogP contribution in [0.1, 0.15) is 117 Å². The number of imidazole rings is 2. The summed E-state index contributed by atoms with van der Waals surface area (Å²) >= 11 is 0. The predicted molar refractivity (Wildman–Crippen MR) is 207 cm³/mol. The third-order valence-electron chi connectivity index (χ3n) is 7.00. The van der Waals surface area contributed by atoms with E-state index in [1.807, 2.05) is 79.7 Å². The van der Waals surface area contributed by atoms with Crippen LogP contribution in [0.3, 0.4) is 0 Å². The first-order valence-corrected chi connectivity index (χ1v) is 18.1. The highest BCUT2D eigenvalue weighted by molar-refractivity contribution is 5.68. The number of aromatic amines is 2. The number of aryl methyl sites for hydroxylation is 2. The van der Waals surface area contributed by atoms with E-state index in [1.54, 1.807) is 34.6 Å². The molecule has 0 aliphatic carbocycles. The van der Waals surface area contributed by atoms with Crippen LogP contribution in [0.2, 0.25) is 0 Å². The van der Waals surface area contributed by atoms with Gasteiger partial charge >= 0.3 is 12.2 Å². The molecule has 2 amide bonds. The lowest BCUT2D eigenvalue weighted by Crippen LogP contribution is -2.39. The number of unbranched alkanes of at least 4 members (excludes halogenated alkanes) is 1. The zero-order valence-electron chi connectivity index (χ0n) is 33.0. The number of nitrogens with zero attached hydrogens (tertiary/aromatic N) is 4. The van der Waals surface area contributed by atoms with E-state index in [9.17, 15) is 9.59 Å². The van der Waals surface area contributed by atoms with Crippen LogP contribution in [-0.4, -0.2) is 66.2 Å². The zero-order valence-corrected chi connectivity index (χ0v) is 33.0. The van der Waals surface area contributed by atoms with Crippen molar-refractivity contribution in [2.75, 3.05) is 13.1 Å². The van der Waals surface area contributed by atoms with Crippen molar-refractivity contribution in [2.24, 2.45) is 0 Å². The highest BCUT2D eigenvalue weighted by Crippen LogP contribution is 2.21. The average molecular weight is 705 g/mol. The Morgan fingerprint density at radius 2 is 1.29 bits per heavy atom. The second-order valence-corrected chi connectivity index (χ2v) is 14.1. The fourth-order valence-electron chi connectivity index (χ4n) is 4.39. The van der Waals surface area contributed by atoms with Gasteiger partial charge in [0, 0.05) is 37.9 Å². The smallest absolute Gasteiger partial charge is 0.410 e. The molecule has 0 spiro atoms. The lowest BCUT2D eigenvalue weighted by atomic mass is 10.2. The van der Waals surface area contributed by atoms with Gasteiger partial charge in [-0.3, -0.25) is 4.90 Å². The first kappa shape index (κ1) is 44.4. The Labute approximate surface area is 307 Å². The molecule has 0 saturated carbocycles. The maximum atomic E-state index is 12.3. The summed E-state index contributed by atoms with van der Waals surface area (Å²) in [6, 6.07) is 20.6. The molecule has 0 bridgehead atoms. The van der Waals surface area contributed by atoms with Crippen molar-refractivity contribution in [1.29, 1.82) is 0 Å². The highest BCUT2D eigenvalue weighted by atomic mass is 16.6. The van der Waals surface area contributed by atoms with Crippen molar-refractivity contribution in [2.45, 2.75) is 126 Å². The Balaban J connectivity index is 0.000000367. The van der Waals surface area contributed by atoms with Crippen LogP contribution in [0, 0.1) is 6.92 Å². The fourth-order valence-corrected chi connectivity index (χ4v) is 4.39. The third kappa shape index (κ3) is 20.6. The number of benzene rings is 2. The first-order valence-electron chi connectivity index (χ1n) is 18.1. The highest BCUT2D eigenvalue weighted by Gasteiger charge is 2.27. The SMILES string of the molecule is CCCCN(C(=O)OC(C)(C)C)C(C)c1ncc[nH]1.CCCN(Cc1ncc[nH]1)C(=O)OC(C)(C)C.CCc1ccccc1.Cc1ccccc1. The van der Waals surface area contributed by atoms with E-state index >= 15 is 0 Å². The van der Waals surface area contributed by atoms with E-state index in [1.165, 1.54) is 11.1 Å². The van der Waals surface area contributed by atoms with Gasteiger partial charge in [0.25, 0.3) is 0 Å². The number of carbonyl (C=O) groups is 2. The second kappa shape index (κ2) is 23.7. The minimum Gasteiger partial charge on any atom is -0.444 e. The molecule has 1 atom stereocenters. The van der Waals surface area contributed by atoms with E-state index < -0.39 is 11.2 Å². The molecule has 0 aliphatic rings. The largest absolute Gasteiger partial charge is 0.444 e. The van der Waals surface area contributed by atoms with Crippen molar-refractivity contribution in [3.63, 3.8) is 0 Å². The number of ether oxygens (including phenoxy) is 2. The van der Waals surface area contributed by atoms with Gasteiger partial charge in [0.2, 0.25) is 0 Å². The van der Waals surface area contributed by atoms with Gasteiger partial charge < -0.3 is 24.3 Å². The zero-order chi connectivity index (χ0) is 38.3. The molecule has 0 fully saturated rings. The standard InChI is InChI=1S/C14H25N3O2.C12H21N3O2.C8H10.C7H8/c1-6-7-10-17(13(18)19-14(3,4)5)11(2)12-15-8-9-16-12;1-5-8-15(9-10-13-6-7-14-10)11(16)17-12(2,3)4;1-2-8-6-4-3-5-7-8;1-7-5-3-2-4-6-7/h8-9,11H,6-7,10H2,1-5H3,(H,15,16);6-7H,5,8-9H2,1-4H3,(H,13,14);3-7H,2H2,1H3;2-6H,1H3. The lowest BCUT2D eigenvalue weighted by Gasteiger charge is -2.30. The van der Waals surface area contributed by atoms with Crippen LogP contribution in [0.15, 0.2) is 85.5 Å². The molecule has 51 heavy (non-hydrogen) atoms. The third-order valence-corrected chi connectivity index (χ3v) is 7.00. The summed E-state index contributed by atoms with van der Waals surface area (Å²) in [5.74, 6) is 1.55. The maximum Gasteiger partial charge on any atom is 0.410 e. The van der Waals surface area contributed by atoms with Gasteiger partial charge in [-0.25, -0.2) is 19.6 Å².